The maximum absolute atomic E-state index is 12.5. The molecule has 1 aliphatic carbocycles. The molecule has 0 saturated heterocycles. The zero-order valence-electron chi connectivity index (χ0n) is 15.9. The molecule has 4 rings (SSSR count). The minimum absolute atomic E-state index is 0.181. The van der Waals surface area contributed by atoms with Gasteiger partial charge in [0.1, 0.15) is 4.88 Å². The molecule has 0 radical (unpaired) electrons. The fourth-order valence-corrected chi connectivity index (χ4v) is 4.56. The number of benzene rings is 2. The maximum atomic E-state index is 12.5. The van der Waals surface area contributed by atoms with E-state index in [0.29, 0.717) is 16.1 Å². The highest BCUT2D eigenvalue weighted by Gasteiger charge is 2.22. The molecule has 3 aromatic rings. The molecular formula is C23H19NO4S. The molecule has 5 nitrogen and oxygen atoms in total. The number of amides is 1. The van der Waals surface area contributed by atoms with E-state index in [-0.39, 0.29) is 18.3 Å². The van der Waals surface area contributed by atoms with Crippen LogP contribution in [0.3, 0.4) is 0 Å². The van der Waals surface area contributed by atoms with E-state index >= 15 is 0 Å². The highest BCUT2D eigenvalue weighted by Crippen LogP contribution is 2.39. The molecule has 0 unspecified atom stereocenters. The number of Topliss-reactive ketones (excluding diaryl/α,β-unsaturated/α-hetero) is 1. The van der Waals surface area contributed by atoms with Crippen LogP contribution in [-0.4, -0.2) is 24.3 Å². The fraction of sp³-hybridized carbons (Fsp3) is 0.174. The summed E-state index contributed by atoms with van der Waals surface area (Å²) in [5.74, 6) is -0.955. The van der Waals surface area contributed by atoms with Gasteiger partial charge < -0.3 is 10.1 Å². The molecule has 29 heavy (non-hydrogen) atoms. The summed E-state index contributed by atoms with van der Waals surface area (Å²) in [6.45, 7) is 1.09. The third-order valence-electron chi connectivity index (χ3n) is 4.80. The zero-order valence-corrected chi connectivity index (χ0v) is 16.7. The number of aryl methyl sites for hydroxylation is 2. The van der Waals surface area contributed by atoms with Crippen molar-refractivity contribution < 1.29 is 19.1 Å². The van der Waals surface area contributed by atoms with Crippen molar-refractivity contribution in [1.29, 1.82) is 0 Å². The number of fused-ring (bicyclic) bond motifs is 3. The van der Waals surface area contributed by atoms with E-state index in [1.54, 1.807) is 24.3 Å². The second-order valence-electron chi connectivity index (χ2n) is 6.88. The molecule has 6 heteroatoms. The van der Waals surface area contributed by atoms with Crippen LogP contribution >= 0.6 is 11.3 Å². The van der Waals surface area contributed by atoms with Crippen LogP contribution in [0.25, 0.3) is 10.4 Å². The Morgan fingerprint density at radius 2 is 1.72 bits per heavy atom. The number of anilines is 1. The Morgan fingerprint density at radius 1 is 1.00 bits per heavy atom. The monoisotopic (exact) mass is 405 g/mol. The van der Waals surface area contributed by atoms with Crippen LogP contribution in [-0.2, 0) is 22.4 Å². The van der Waals surface area contributed by atoms with Crippen molar-refractivity contribution in [1.82, 2.24) is 0 Å². The van der Waals surface area contributed by atoms with Gasteiger partial charge in [0.15, 0.2) is 12.4 Å². The van der Waals surface area contributed by atoms with E-state index in [2.05, 4.69) is 17.4 Å². The smallest absolute Gasteiger partial charge is 0.348 e. The summed E-state index contributed by atoms with van der Waals surface area (Å²) in [5.41, 5.74) is 4.65. The van der Waals surface area contributed by atoms with Crippen LogP contribution in [0.5, 0.6) is 0 Å². The molecule has 0 aliphatic heterocycles. The van der Waals surface area contributed by atoms with Crippen molar-refractivity contribution in [2.24, 2.45) is 0 Å². The van der Waals surface area contributed by atoms with E-state index in [0.717, 1.165) is 23.3 Å². The molecule has 0 fully saturated rings. The number of ether oxygens (including phenoxy) is 1. The SMILES string of the molecule is CC(=O)Nc1ccc(C(=O)COC(=O)c2cc3c(s2)-c2ccccc2CC3)cc1. The minimum atomic E-state index is -0.481. The number of nitrogens with one attached hydrogen (secondary N) is 1. The molecule has 1 aromatic heterocycles. The number of carbonyl (C=O) groups excluding carboxylic acids is 3. The van der Waals surface area contributed by atoms with Gasteiger partial charge in [0.2, 0.25) is 5.91 Å². The molecule has 1 N–H and O–H groups in total. The average Bonchev–Trinajstić information content (AvgIpc) is 3.17. The first-order valence-corrected chi connectivity index (χ1v) is 10.1. The largest absolute Gasteiger partial charge is 0.453 e. The lowest BCUT2D eigenvalue weighted by Gasteiger charge is -2.15. The summed E-state index contributed by atoms with van der Waals surface area (Å²) in [5, 5.41) is 2.64. The van der Waals surface area contributed by atoms with Gasteiger partial charge in [-0.05, 0) is 59.9 Å². The van der Waals surface area contributed by atoms with Crippen molar-refractivity contribution in [3.63, 3.8) is 0 Å². The molecule has 0 bridgehead atoms. The Hall–Kier alpha value is -3.25. The molecule has 0 spiro atoms. The summed E-state index contributed by atoms with van der Waals surface area (Å²) in [6, 6.07) is 16.6. The number of esters is 1. The van der Waals surface area contributed by atoms with Gasteiger partial charge in [0.05, 0.1) is 0 Å². The molecule has 1 heterocycles. The number of ketones is 1. The quantitative estimate of drug-likeness (QED) is 0.501. The predicted octanol–water partition coefficient (Wildman–Crippen LogP) is 4.51. The highest BCUT2D eigenvalue weighted by molar-refractivity contribution is 7.17. The Morgan fingerprint density at radius 3 is 2.48 bits per heavy atom. The Bertz CT molecular complexity index is 1100. The first kappa shape index (κ1) is 19.1. The van der Waals surface area contributed by atoms with Crippen LogP contribution in [0.2, 0.25) is 0 Å². The van der Waals surface area contributed by atoms with E-state index in [4.69, 9.17) is 4.74 Å². The maximum Gasteiger partial charge on any atom is 0.348 e. The van der Waals surface area contributed by atoms with Crippen molar-refractivity contribution in [2.75, 3.05) is 11.9 Å². The van der Waals surface area contributed by atoms with Gasteiger partial charge in [-0.2, -0.15) is 0 Å². The first-order chi connectivity index (χ1) is 14.0. The molecular weight excluding hydrogens is 386 g/mol. The van der Waals surface area contributed by atoms with Crippen LogP contribution in [0.4, 0.5) is 5.69 Å². The number of rotatable bonds is 5. The van der Waals surface area contributed by atoms with E-state index in [1.807, 2.05) is 18.2 Å². The zero-order chi connectivity index (χ0) is 20.4. The average molecular weight is 405 g/mol. The lowest BCUT2D eigenvalue weighted by atomic mass is 9.91. The second-order valence-corrected chi connectivity index (χ2v) is 7.93. The normalized spacial score (nSPS) is 11.9. The van der Waals surface area contributed by atoms with Crippen molar-refractivity contribution >= 4 is 34.7 Å². The standard InChI is InChI=1S/C23H19NO4S/c1-14(25)24-18-10-8-16(9-11-18)20(26)13-28-23(27)21-12-17-7-6-15-4-2-3-5-19(15)22(17)29-21/h2-5,8-12H,6-7,13H2,1H3,(H,24,25). The van der Waals surface area contributed by atoms with Gasteiger partial charge in [-0.15, -0.1) is 11.3 Å². The number of carbonyl (C=O) groups is 3. The summed E-state index contributed by atoms with van der Waals surface area (Å²) in [4.78, 5) is 37.5. The molecule has 0 atom stereocenters. The van der Waals surface area contributed by atoms with Gasteiger partial charge in [-0.25, -0.2) is 4.79 Å². The summed E-state index contributed by atoms with van der Waals surface area (Å²) in [6.07, 6.45) is 1.86. The molecule has 0 saturated carbocycles. The molecule has 1 amide bonds. The van der Waals surface area contributed by atoms with E-state index in [1.165, 1.54) is 29.4 Å². The highest BCUT2D eigenvalue weighted by atomic mass is 32.1. The van der Waals surface area contributed by atoms with Gasteiger partial charge in [-0.1, -0.05) is 24.3 Å². The second kappa shape index (κ2) is 8.01. The van der Waals surface area contributed by atoms with Crippen LogP contribution < -0.4 is 5.32 Å². The summed E-state index contributed by atoms with van der Waals surface area (Å²) in [7, 11) is 0. The fourth-order valence-electron chi connectivity index (χ4n) is 3.40. The molecule has 1 aliphatic rings. The summed E-state index contributed by atoms with van der Waals surface area (Å²) < 4.78 is 5.26. The lowest BCUT2D eigenvalue weighted by molar-refractivity contribution is -0.114. The number of thiophene rings is 1. The van der Waals surface area contributed by atoms with Crippen molar-refractivity contribution in [3.8, 4) is 10.4 Å². The number of hydrogen-bond acceptors (Lipinski definition) is 5. The van der Waals surface area contributed by atoms with Crippen molar-refractivity contribution in [2.45, 2.75) is 19.8 Å². The predicted molar refractivity (Wildman–Crippen MR) is 113 cm³/mol. The van der Waals surface area contributed by atoms with Crippen LogP contribution in [0.1, 0.15) is 38.1 Å². The van der Waals surface area contributed by atoms with E-state index in [9.17, 15) is 14.4 Å². The van der Waals surface area contributed by atoms with Crippen molar-refractivity contribution in [3.05, 3.63) is 76.2 Å². The molecule has 2 aromatic carbocycles. The third kappa shape index (κ3) is 4.12. The van der Waals surface area contributed by atoms with Gasteiger partial charge in [0, 0.05) is 23.1 Å². The lowest BCUT2D eigenvalue weighted by Crippen LogP contribution is -2.13. The molecule has 146 valence electrons. The Kier molecular flexibility index (Phi) is 5.27. The van der Waals surface area contributed by atoms with Crippen LogP contribution in [0, 0.1) is 0 Å². The Balaban J connectivity index is 1.41. The summed E-state index contributed by atoms with van der Waals surface area (Å²) >= 11 is 1.42. The minimum Gasteiger partial charge on any atom is -0.453 e. The topological polar surface area (TPSA) is 72.5 Å². The Labute approximate surface area is 172 Å². The first-order valence-electron chi connectivity index (χ1n) is 9.30. The van der Waals surface area contributed by atoms with E-state index < -0.39 is 5.97 Å². The third-order valence-corrected chi connectivity index (χ3v) is 5.99. The number of hydrogen-bond donors (Lipinski definition) is 1. The van der Waals surface area contributed by atoms with Gasteiger partial charge >= 0.3 is 5.97 Å². The van der Waals surface area contributed by atoms with Crippen LogP contribution in [0.15, 0.2) is 54.6 Å². The van der Waals surface area contributed by atoms with Gasteiger partial charge in [-0.3, -0.25) is 9.59 Å². The van der Waals surface area contributed by atoms with Gasteiger partial charge in [0.25, 0.3) is 0 Å².